The Labute approximate surface area is 73.2 Å². The van der Waals surface area contributed by atoms with E-state index in [4.69, 9.17) is 0 Å². The molecule has 1 aliphatic carbocycles. The van der Waals surface area contributed by atoms with E-state index in [1.807, 2.05) is 0 Å². The first kappa shape index (κ1) is 9.27. The second-order valence-corrected chi connectivity index (χ2v) is 3.76. The molecule has 2 aliphatic rings. The van der Waals surface area contributed by atoms with Gasteiger partial charge in [-0.25, -0.2) is 4.39 Å². The predicted molar refractivity (Wildman–Crippen MR) is 45.9 cm³/mol. The number of hydrogen-bond acceptors (Lipinski definition) is 1. The minimum atomic E-state index is -0.474. The fourth-order valence-electron chi connectivity index (χ4n) is 2.25. The van der Waals surface area contributed by atoms with Gasteiger partial charge in [-0.15, -0.1) is 12.4 Å². The van der Waals surface area contributed by atoms with Crippen molar-refractivity contribution in [3.8, 4) is 0 Å². The minimum absolute atomic E-state index is 0. The fraction of sp³-hybridized carbons (Fsp3) is 1.00. The molecule has 2 rings (SSSR count). The third-order valence-corrected chi connectivity index (χ3v) is 2.97. The number of rotatable bonds is 0. The summed E-state index contributed by atoms with van der Waals surface area (Å²) < 4.78 is 12.5. The van der Waals surface area contributed by atoms with E-state index in [1.54, 1.807) is 0 Å². The van der Waals surface area contributed by atoms with Crippen molar-refractivity contribution in [3.05, 3.63) is 0 Å². The van der Waals surface area contributed by atoms with Crippen molar-refractivity contribution in [3.63, 3.8) is 0 Å². The Kier molecular flexibility index (Phi) is 2.76. The lowest BCUT2D eigenvalue weighted by Crippen LogP contribution is -2.46. The summed E-state index contributed by atoms with van der Waals surface area (Å²) in [6.07, 6.45) is 3.61. The summed E-state index contributed by atoms with van der Waals surface area (Å²) >= 11 is 0. The van der Waals surface area contributed by atoms with Crippen LogP contribution in [0.3, 0.4) is 0 Å². The molecule has 11 heavy (non-hydrogen) atoms. The molecular weight excluding hydrogens is 165 g/mol. The average molecular weight is 180 g/mol. The Morgan fingerprint density at radius 1 is 1.18 bits per heavy atom. The topological polar surface area (TPSA) is 12.0 Å². The van der Waals surface area contributed by atoms with Crippen molar-refractivity contribution in [2.24, 2.45) is 5.41 Å². The molecule has 0 unspecified atom stereocenters. The van der Waals surface area contributed by atoms with Crippen LogP contribution >= 0.6 is 12.4 Å². The molecule has 0 aromatic rings. The summed E-state index contributed by atoms with van der Waals surface area (Å²) in [5.74, 6) is 0. The van der Waals surface area contributed by atoms with Crippen molar-refractivity contribution in [1.29, 1.82) is 0 Å². The highest BCUT2D eigenvalue weighted by atomic mass is 35.5. The summed E-state index contributed by atoms with van der Waals surface area (Å²) in [5.41, 5.74) is 0.435. The van der Waals surface area contributed by atoms with Crippen LogP contribution in [0.1, 0.15) is 25.7 Å². The van der Waals surface area contributed by atoms with E-state index >= 15 is 0 Å². The SMILES string of the molecule is Cl.FC1CC2(CCNCC2)C1. The van der Waals surface area contributed by atoms with Gasteiger partial charge in [0.1, 0.15) is 6.17 Å². The first-order valence-electron chi connectivity index (χ1n) is 4.16. The van der Waals surface area contributed by atoms with E-state index in [0.717, 1.165) is 25.9 Å². The zero-order chi connectivity index (χ0) is 7.03. The predicted octanol–water partition coefficient (Wildman–Crippen LogP) is 1.91. The van der Waals surface area contributed by atoms with Crippen LogP contribution in [0.2, 0.25) is 0 Å². The van der Waals surface area contributed by atoms with Crippen LogP contribution < -0.4 is 5.32 Å². The molecule has 0 aromatic heterocycles. The Morgan fingerprint density at radius 2 is 1.73 bits per heavy atom. The van der Waals surface area contributed by atoms with Gasteiger partial charge < -0.3 is 5.32 Å². The van der Waals surface area contributed by atoms with Gasteiger partial charge in [-0.3, -0.25) is 0 Å². The molecule has 1 N–H and O–H groups in total. The van der Waals surface area contributed by atoms with Crippen LogP contribution in [0.25, 0.3) is 0 Å². The molecule has 0 amide bonds. The number of hydrogen-bond donors (Lipinski definition) is 1. The van der Waals surface area contributed by atoms with Gasteiger partial charge in [-0.2, -0.15) is 0 Å². The van der Waals surface area contributed by atoms with Crippen LogP contribution in [0.4, 0.5) is 4.39 Å². The Balaban J connectivity index is 0.000000605. The highest BCUT2D eigenvalue weighted by molar-refractivity contribution is 5.85. The van der Waals surface area contributed by atoms with Gasteiger partial charge in [0.15, 0.2) is 0 Å². The minimum Gasteiger partial charge on any atom is -0.317 e. The quantitative estimate of drug-likeness (QED) is 0.599. The first-order valence-corrected chi connectivity index (χ1v) is 4.16. The van der Waals surface area contributed by atoms with Gasteiger partial charge in [0.2, 0.25) is 0 Å². The molecule has 1 spiro atoms. The maximum atomic E-state index is 12.5. The molecule has 0 bridgehead atoms. The van der Waals surface area contributed by atoms with Crippen molar-refractivity contribution < 1.29 is 4.39 Å². The largest absolute Gasteiger partial charge is 0.317 e. The Hall–Kier alpha value is 0.180. The van der Waals surface area contributed by atoms with E-state index in [1.165, 1.54) is 12.8 Å². The number of piperidine rings is 1. The standard InChI is InChI=1S/C8H14FN.ClH/c9-7-5-8(6-7)1-3-10-4-2-8;/h7,10H,1-6H2;1H. The first-order chi connectivity index (χ1) is 4.81. The van der Waals surface area contributed by atoms with Crippen molar-refractivity contribution in [1.82, 2.24) is 5.32 Å². The average Bonchev–Trinajstić information content (AvgIpc) is 1.87. The normalized spacial score (nSPS) is 29.2. The second kappa shape index (κ2) is 3.28. The molecule has 1 saturated heterocycles. The maximum Gasteiger partial charge on any atom is 0.101 e. The highest BCUT2D eigenvalue weighted by Crippen LogP contribution is 2.49. The number of nitrogens with one attached hydrogen (secondary N) is 1. The summed E-state index contributed by atoms with van der Waals surface area (Å²) in [5, 5.41) is 3.30. The van der Waals surface area contributed by atoms with Gasteiger partial charge >= 0.3 is 0 Å². The molecule has 2 fully saturated rings. The van der Waals surface area contributed by atoms with Gasteiger partial charge in [-0.1, -0.05) is 0 Å². The molecule has 0 aromatic carbocycles. The van der Waals surface area contributed by atoms with Crippen LogP contribution in [0.15, 0.2) is 0 Å². The van der Waals surface area contributed by atoms with Gasteiger partial charge in [0.25, 0.3) is 0 Å². The number of alkyl halides is 1. The summed E-state index contributed by atoms with van der Waals surface area (Å²) in [6, 6.07) is 0. The molecular formula is C8H15ClFN. The molecule has 0 atom stereocenters. The Bertz CT molecular complexity index is 119. The Morgan fingerprint density at radius 3 is 2.18 bits per heavy atom. The van der Waals surface area contributed by atoms with Crippen LogP contribution in [0, 0.1) is 5.41 Å². The molecule has 1 aliphatic heterocycles. The fourth-order valence-corrected chi connectivity index (χ4v) is 2.25. The lowest BCUT2D eigenvalue weighted by Gasteiger charge is -2.47. The van der Waals surface area contributed by atoms with Gasteiger partial charge in [-0.05, 0) is 44.2 Å². The summed E-state index contributed by atoms with van der Waals surface area (Å²) in [6.45, 7) is 2.21. The monoisotopic (exact) mass is 179 g/mol. The van der Waals surface area contributed by atoms with E-state index in [-0.39, 0.29) is 12.4 Å². The maximum absolute atomic E-state index is 12.5. The lowest BCUT2D eigenvalue weighted by molar-refractivity contribution is -0.000459. The van der Waals surface area contributed by atoms with E-state index < -0.39 is 6.17 Å². The van der Waals surface area contributed by atoms with E-state index in [2.05, 4.69) is 5.32 Å². The number of halogens is 2. The zero-order valence-corrected chi connectivity index (χ0v) is 7.42. The third kappa shape index (κ3) is 1.67. The van der Waals surface area contributed by atoms with Gasteiger partial charge in [0.05, 0.1) is 0 Å². The van der Waals surface area contributed by atoms with Gasteiger partial charge in [0, 0.05) is 0 Å². The molecule has 1 heterocycles. The van der Waals surface area contributed by atoms with E-state index in [9.17, 15) is 4.39 Å². The van der Waals surface area contributed by atoms with Crippen LogP contribution in [0.5, 0.6) is 0 Å². The van der Waals surface area contributed by atoms with Crippen LogP contribution in [-0.4, -0.2) is 19.3 Å². The molecule has 1 saturated carbocycles. The second-order valence-electron chi connectivity index (χ2n) is 3.76. The molecule has 1 nitrogen and oxygen atoms in total. The van der Waals surface area contributed by atoms with Crippen molar-refractivity contribution in [2.45, 2.75) is 31.9 Å². The zero-order valence-electron chi connectivity index (χ0n) is 6.61. The highest BCUT2D eigenvalue weighted by Gasteiger charge is 2.44. The summed E-state index contributed by atoms with van der Waals surface area (Å²) in [4.78, 5) is 0. The smallest absolute Gasteiger partial charge is 0.101 e. The third-order valence-electron chi connectivity index (χ3n) is 2.97. The van der Waals surface area contributed by atoms with Crippen molar-refractivity contribution in [2.75, 3.05) is 13.1 Å². The molecule has 0 radical (unpaired) electrons. The van der Waals surface area contributed by atoms with Crippen molar-refractivity contribution >= 4 is 12.4 Å². The summed E-state index contributed by atoms with van der Waals surface area (Å²) in [7, 11) is 0. The lowest BCUT2D eigenvalue weighted by atomic mass is 9.62. The molecule has 3 heteroatoms. The molecule has 66 valence electrons. The van der Waals surface area contributed by atoms with E-state index in [0.29, 0.717) is 5.41 Å². The van der Waals surface area contributed by atoms with Crippen LogP contribution in [-0.2, 0) is 0 Å².